The van der Waals surface area contributed by atoms with Crippen molar-refractivity contribution in [3.8, 4) is 0 Å². The molecule has 0 saturated carbocycles. The summed E-state index contributed by atoms with van der Waals surface area (Å²) in [6, 6.07) is 9.93. The van der Waals surface area contributed by atoms with Crippen LogP contribution >= 0.6 is 11.3 Å². The van der Waals surface area contributed by atoms with Crippen molar-refractivity contribution in [1.82, 2.24) is 0 Å². The highest BCUT2D eigenvalue weighted by Crippen LogP contribution is 2.27. The summed E-state index contributed by atoms with van der Waals surface area (Å²) in [5.74, 6) is -0.0132. The van der Waals surface area contributed by atoms with Gasteiger partial charge in [-0.15, -0.1) is 11.3 Å². The van der Waals surface area contributed by atoms with Crippen molar-refractivity contribution in [3.63, 3.8) is 0 Å². The van der Waals surface area contributed by atoms with Crippen molar-refractivity contribution >= 4 is 28.5 Å². The van der Waals surface area contributed by atoms with Crippen LogP contribution in [-0.2, 0) is 0 Å². The lowest BCUT2D eigenvalue weighted by Gasteiger charge is -2.15. The molecule has 2 rings (SSSR count). The molecule has 0 amide bonds. The molecular formula is C15H18N2OS. The van der Waals surface area contributed by atoms with E-state index in [0.29, 0.717) is 11.3 Å². The van der Waals surface area contributed by atoms with E-state index in [1.807, 2.05) is 12.1 Å². The Morgan fingerprint density at radius 2 is 2.05 bits per heavy atom. The number of benzene rings is 1. The summed E-state index contributed by atoms with van der Waals surface area (Å²) < 4.78 is 0. The first kappa shape index (κ1) is 13.6. The number of carbonyl (C=O) groups is 1. The molecule has 4 heteroatoms. The number of anilines is 2. The number of nitrogens with one attached hydrogen (secondary N) is 1. The maximum Gasteiger partial charge on any atom is 0.161 e. The summed E-state index contributed by atoms with van der Waals surface area (Å²) in [5, 5.41) is 3.40. The molecule has 0 spiro atoms. The highest BCUT2D eigenvalue weighted by Gasteiger charge is 2.10. The number of aryl methyl sites for hydroxylation is 1. The number of carbonyl (C=O) groups excluding carboxylic acids is 1. The van der Waals surface area contributed by atoms with E-state index < -0.39 is 0 Å². The van der Waals surface area contributed by atoms with Crippen molar-refractivity contribution in [1.29, 1.82) is 0 Å². The standard InChI is InChI=1S/C15H18N2OS/c1-9-4-7-15(19-9)10(2)17-12-5-6-14(16)13(8-12)11(3)18/h4-8,10,17H,16H2,1-3H3. The van der Waals surface area contributed by atoms with Crippen molar-refractivity contribution in [2.75, 3.05) is 11.1 Å². The smallest absolute Gasteiger partial charge is 0.161 e. The summed E-state index contributed by atoms with van der Waals surface area (Å²) in [5.41, 5.74) is 7.80. The molecule has 3 N–H and O–H groups in total. The molecule has 1 aromatic carbocycles. The number of thiophene rings is 1. The second-order valence-corrected chi connectivity index (χ2v) is 5.99. The normalized spacial score (nSPS) is 12.2. The molecule has 0 bridgehead atoms. The third-order valence-electron chi connectivity index (χ3n) is 3.00. The SMILES string of the molecule is CC(=O)c1cc(NC(C)c2ccc(C)s2)ccc1N. The molecule has 1 unspecified atom stereocenters. The Balaban J connectivity index is 2.19. The van der Waals surface area contributed by atoms with Crippen LogP contribution in [0.5, 0.6) is 0 Å². The molecule has 0 aliphatic carbocycles. The minimum Gasteiger partial charge on any atom is -0.398 e. The van der Waals surface area contributed by atoms with Gasteiger partial charge < -0.3 is 11.1 Å². The molecule has 0 fully saturated rings. The van der Waals surface area contributed by atoms with Crippen LogP contribution in [0, 0.1) is 6.92 Å². The van der Waals surface area contributed by atoms with E-state index in [9.17, 15) is 4.79 Å². The molecule has 0 radical (unpaired) electrons. The summed E-state index contributed by atoms with van der Waals surface area (Å²) in [7, 11) is 0. The number of hydrogen-bond donors (Lipinski definition) is 2. The molecule has 1 atom stereocenters. The molecule has 0 saturated heterocycles. The molecule has 1 heterocycles. The summed E-state index contributed by atoms with van der Waals surface area (Å²) in [6.45, 7) is 5.73. The van der Waals surface area contributed by atoms with Gasteiger partial charge in [-0.05, 0) is 51.1 Å². The quantitative estimate of drug-likeness (QED) is 0.654. The van der Waals surface area contributed by atoms with Crippen LogP contribution in [0.2, 0.25) is 0 Å². The van der Waals surface area contributed by atoms with E-state index >= 15 is 0 Å². The van der Waals surface area contributed by atoms with E-state index in [0.717, 1.165) is 5.69 Å². The van der Waals surface area contributed by atoms with Crippen LogP contribution in [0.4, 0.5) is 11.4 Å². The first-order chi connectivity index (χ1) is 8.97. The number of ketones is 1. The molecule has 0 aliphatic heterocycles. The second kappa shape index (κ2) is 5.45. The summed E-state index contributed by atoms with van der Waals surface area (Å²) >= 11 is 1.77. The number of Topliss-reactive ketones (excluding diaryl/α,β-unsaturated/α-hetero) is 1. The number of hydrogen-bond acceptors (Lipinski definition) is 4. The van der Waals surface area contributed by atoms with Crippen molar-refractivity contribution in [3.05, 3.63) is 45.6 Å². The fourth-order valence-corrected chi connectivity index (χ4v) is 2.84. The monoisotopic (exact) mass is 274 g/mol. The zero-order valence-electron chi connectivity index (χ0n) is 11.4. The van der Waals surface area contributed by atoms with Gasteiger partial charge in [-0.1, -0.05) is 0 Å². The molecule has 100 valence electrons. The van der Waals surface area contributed by atoms with Gasteiger partial charge in [-0.2, -0.15) is 0 Å². The van der Waals surface area contributed by atoms with Crippen LogP contribution in [0.1, 0.15) is 40.0 Å². The van der Waals surface area contributed by atoms with Crippen molar-refractivity contribution in [2.24, 2.45) is 0 Å². The Labute approximate surface area is 117 Å². The molecular weight excluding hydrogens is 256 g/mol. The van der Waals surface area contributed by atoms with Crippen molar-refractivity contribution in [2.45, 2.75) is 26.8 Å². The van der Waals surface area contributed by atoms with E-state index in [1.165, 1.54) is 16.7 Å². The van der Waals surface area contributed by atoms with Gasteiger partial charge in [0, 0.05) is 26.7 Å². The summed E-state index contributed by atoms with van der Waals surface area (Å²) in [6.07, 6.45) is 0. The lowest BCUT2D eigenvalue weighted by atomic mass is 10.1. The Kier molecular flexibility index (Phi) is 3.90. The highest BCUT2D eigenvalue weighted by atomic mass is 32.1. The molecule has 2 aromatic rings. The first-order valence-corrected chi connectivity index (χ1v) is 7.02. The summed E-state index contributed by atoms with van der Waals surface area (Å²) in [4.78, 5) is 14.0. The maximum absolute atomic E-state index is 11.5. The van der Waals surface area contributed by atoms with Crippen LogP contribution in [0.25, 0.3) is 0 Å². The Morgan fingerprint density at radius 1 is 1.32 bits per heavy atom. The molecule has 19 heavy (non-hydrogen) atoms. The maximum atomic E-state index is 11.5. The van der Waals surface area contributed by atoms with Gasteiger partial charge in [0.05, 0.1) is 6.04 Å². The highest BCUT2D eigenvalue weighted by molar-refractivity contribution is 7.12. The zero-order valence-corrected chi connectivity index (χ0v) is 12.2. The van der Waals surface area contributed by atoms with E-state index in [1.54, 1.807) is 17.4 Å². The Hall–Kier alpha value is -1.81. The lowest BCUT2D eigenvalue weighted by Crippen LogP contribution is -2.07. The predicted octanol–water partition coefficient (Wildman–Crippen LogP) is 4.01. The van der Waals surface area contributed by atoms with Gasteiger partial charge in [0.15, 0.2) is 5.78 Å². The average Bonchev–Trinajstić information content (AvgIpc) is 2.78. The topological polar surface area (TPSA) is 55.1 Å². The Morgan fingerprint density at radius 3 is 2.63 bits per heavy atom. The van der Waals surface area contributed by atoms with Gasteiger partial charge in [0.25, 0.3) is 0 Å². The minimum atomic E-state index is -0.0132. The average molecular weight is 274 g/mol. The van der Waals surface area contributed by atoms with E-state index in [2.05, 4.69) is 31.3 Å². The zero-order chi connectivity index (χ0) is 14.0. The fourth-order valence-electron chi connectivity index (χ4n) is 1.96. The van der Waals surface area contributed by atoms with Crippen LogP contribution < -0.4 is 11.1 Å². The minimum absolute atomic E-state index is 0.0132. The largest absolute Gasteiger partial charge is 0.398 e. The second-order valence-electron chi connectivity index (χ2n) is 4.67. The molecule has 1 aromatic heterocycles. The van der Waals surface area contributed by atoms with Crippen LogP contribution in [0.3, 0.4) is 0 Å². The third-order valence-corrected chi connectivity index (χ3v) is 4.19. The van der Waals surface area contributed by atoms with E-state index in [4.69, 9.17) is 5.73 Å². The fraction of sp³-hybridized carbons (Fsp3) is 0.267. The lowest BCUT2D eigenvalue weighted by molar-refractivity contribution is 0.101. The van der Waals surface area contributed by atoms with Crippen LogP contribution in [0.15, 0.2) is 30.3 Å². The van der Waals surface area contributed by atoms with Gasteiger partial charge in [-0.25, -0.2) is 0 Å². The van der Waals surface area contributed by atoms with Gasteiger partial charge in [0.1, 0.15) is 0 Å². The van der Waals surface area contributed by atoms with Crippen molar-refractivity contribution < 1.29 is 4.79 Å². The third kappa shape index (κ3) is 3.15. The predicted molar refractivity (Wildman–Crippen MR) is 82.0 cm³/mol. The van der Waals surface area contributed by atoms with Gasteiger partial charge in [-0.3, -0.25) is 4.79 Å². The van der Waals surface area contributed by atoms with Gasteiger partial charge >= 0.3 is 0 Å². The Bertz CT molecular complexity index is 604. The number of rotatable bonds is 4. The molecule has 0 aliphatic rings. The van der Waals surface area contributed by atoms with E-state index in [-0.39, 0.29) is 11.8 Å². The first-order valence-electron chi connectivity index (χ1n) is 6.20. The molecule has 3 nitrogen and oxygen atoms in total. The number of nitrogen functional groups attached to an aromatic ring is 1. The number of nitrogens with two attached hydrogens (primary N) is 1. The van der Waals surface area contributed by atoms with Crippen LogP contribution in [-0.4, -0.2) is 5.78 Å². The van der Waals surface area contributed by atoms with Gasteiger partial charge in [0.2, 0.25) is 0 Å².